The van der Waals surface area contributed by atoms with Gasteiger partial charge < -0.3 is 9.47 Å². The summed E-state index contributed by atoms with van der Waals surface area (Å²) in [5.74, 6) is 0.426. The molecule has 0 atom stereocenters. The van der Waals surface area contributed by atoms with Gasteiger partial charge in [-0.25, -0.2) is 13.4 Å². The highest BCUT2D eigenvalue weighted by molar-refractivity contribution is 7.93. The molecule has 2 aromatic carbocycles. The Balaban J connectivity index is 1.74. The molecule has 0 fully saturated rings. The molecule has 0 saturated carbocycles. The maximum atomic E-state index is 12.8. The average Bonchev–Trinajstić information content (AvgIpc) is 3.28. The predicted molar refractivity (Wildman–Crippen MR) is 122 cm³/mol. The second kappa shape index (κ2) is 10.4. The summed E-state index contributed by atoms with van der Waals surface area (Å²) in [6.07, 6.45) is 3.00. The number of non-ortho nitro benzene ring substituents is 1. The number of hydrogen-bond donors (Lipinski definition) is 1. The number of carbonyl (C=O) groups excluding carboxylic acids is 1. The highest BCUT2D eigenvalue weighted by Gasteiger charge is 2.23. The number of rotatable bonds is 10. The topological polar surface area (TPSA) is 138 Å². The first-order chi connectivity index (χ1) is 15.8. The number of benzene rings is 2. The average molecular weight is 492 g/mol. The van der Waals surface area contributed by atoms with E-state index in [2.05, 4.69) is 17.2 Å². The Hall–Kier alpha value is -3.51. The third-order valence-electron chi connectivity index (χ3n) is 4.51. The monoisotopic (exact) mass is 491 g/mol. The van der Waals surface area contributed by atoms with Crippen LogP contribution in [0.15, 0.2) is 57.8 Å². The molecular formula is C21H21N3O7S2. The number of ether oxygens (including phenoxy) is 2. The maximum Gasteiger partial charge on any atom is 0.269 e. The number of aromatic nitrogens is 1. The Morgan fingerprint density at radius 2 is 1.91 bits per heavy atom. The zero-order valence-electron chi connectivity index (χ0n) is 17.8. The van der Waals surface area contributed by atoms with Crippen molar-refractivity contribution in [2.75, 3.05) is 19.0 Å². The number of amides is 1. The molecule has 0 saturated heterocycles. The van der Waals surface area contributed by atoms with Crippen LogP contribution in [0.2, 0.25) is 0 Å². The number of thiazole rings is 1. The van der Waals surface area contributed by atoms with E-state index in [0.717, 1.165) is 54.6 Å². The minimum absolute atomic E-state index is 0.0859. The number of unbranched alkanes of at least 4 members (excludes halogenated alkanes) is 1. The van der Waals surface area contributed by atoms with Gasteiger partial charge in [-0.05, 0) is 36.8 Å². The quantitative estimate of drug-likeness (QED) is 0.251. The van der Waals surface area contributed by atoms with E-state index in [4.69, 9.17) is 9.47 Å². The van der Waals surface area contributed by atoms with Gasteiger partial charge in [0.05, 0.1) is 29.7 Å². The number of nitrogens with zero attached hydrogens (tertiary/aromatic N) is 2. The van der Waals surface area contributed by atoms with Crippen molar-refractivity contribution < 1.29 is 27.6 Å². The van der Waals surface area contributed by atoms with E-state index in [9.17, 15) is 23.3 Å². The largest absolute Gasteiger partial charge is 0.493 e. The Bertz CT molecular complexity index is 1260. The molecule has 0 unspecified atom stereocenters. The fraction of sp³-hybridized carbons (Fsp3) is 0.238. The molecular weight excluding hydrogens is 470 g/mol. The number of hydrogen-bond acceptors (Lipinski definition) is 9. The molecule has 12 heteroatoms. The molecule has 1 N–H and O–H groups in total. The van der Waals surface area contributed by atoms with Gasteiger partial charge in [-0.2, -0.15) is 0 Å². The third kappa shape index (κ3) is 5.65. The molecule has 0 bridgehead atoms. The second-order valence-corrected chi connectivity index (χ2v) is 9.97. The highest BCUT2D eigenvalue weighted by Crippen LogP contribution is 2.31. The lowest BCUT2D eigenvalue weighted by molar-refractivity contribution is -0.384. The van der Waals surface area contributed by atoms with Crippen molar-refractivity contribution in [3.63, 3.8) is 0 Å². The molecule has 10 nitrogen and oxygen atoms in total. The number of sulfone groups is 1. The standard InChI is InChI=1S/C21H21N3O7S2/c1-3-4-11-31-17-10-5-14(12-18(17)30-2)20(25)23-21-22-13-19(32-21)33(28,29)16-8-6-15(7-9-16)24(26)27/h5-10,12-13H,3-4,11H2,1-2H3,(H,22,23,25). The SMILES string of the molecule is CCCCOc1ccc(C(=O)Nc2ncc(S(=O)(=O)c3ccc([N+](=O)[O-])cc3)s2)cc1OC. The van der Waals surface area contributed by atoms with Gasteiger partial charge in [0.15, 0.2) is 16.6 Å². The molecule has 3 rings (SSSR count). The first-order valence-electron chi connectivity index (χ1n) is 9.83. The first kappa shape index (κ1) is 24.1. The lowest BCUT2D eigenvalue weighted by Crippen LogP contribution is -2.12. The Morgan fingerprint density at radius 3 is 2.55 bits per heavy atom. The van der Waals surface area contributed by atoms with Gasteiger partial charge in [0, 0.05) is 17.7 Å². The van der Waals surface area contributed by atoms with Crippen LogP contribution in [-0.2, 0) is 9.84 Å². The molecule has 1 heterocycles. The number of nitrogens with one attached hydrogen (secondary N) is 1. The summed E-state index contributed by atoms with van der Waals surface area (Å²) in [5, 5.41) is 13.4. The van der Waals surface area contributed by atoms with Crippen LogP contribution in [0.3, 0.4) is 0 Å². The van der Waals surface area contributed by atoms with Crippen molar-refractivity contribution in [2.45, 2.75) is 28.9 Å². The first-order valence-corrected chi connectivity index (χ1v) is 12.1. The zero-order chi connectivity index (χ0) is 24.0. The van der Waals surface area contributed by atoms with Crippen molar-refractivity contribution in [1.29, 1.82) is 0 Å². The molecule has 0 aliphatic heterocycles. The molecule has 1 aromatic heterocycles. The van der Waals surface area contributed by atoms with Gasteiger partial charge in [-0.15, -0.1) is 0 Å². The maximum absolute atomic E-state index is 12.8. The van der Waals surface area contributed by atoms with E-state index in [-0.39, 0.29) is 25.5 Å². The molecule has 3 aromatic rings. The van der Waals surface area contributed by atoms with Gasteiger partial charge in [0.25, 0.3) is 11.6 Å². The van der Waals surface area contributed by atoms with Crippen LogP contribution in [0.25, 0.3) is 0 Å². The van der Waals surface area contributed by atoms with E-state index in [1.54, 1.807) is 12.1 Å². The molecule has 0 aliphatic carbocycles. The lowest BCUT2D eigenvalue weighted by Gasteiger charge is -2.11. The van der Waals surface area contributed by atoms with E-state index >= 15 is 0 Å². The number of anilines is 1. The van der Waals surface area contributed by atoms with Crippen molar-refractivity contribution in [3.8, 4) is 11.5 Å². The molecule has 0 aliphatic rings. The Labute approximate surface area is 194 Å². The van der Waals surface area contributed by atoms with E-state index in [1.165, 1.54) is 13.2 Å². The molecule has 1 amide bonds. The van der Waals surface area contributed by atoms with Crippen molar-refractivity contribution in [2.24, 2.45) is 0 Å². The van der Waals surface area contributed by atoms with Crippen LogP contribution in [0.1, 0.15) is 30.1 Å². The summed E-state index contributed by atoms with van der Waals surface area (Å²) < 4.78 is 36.4. The minimum Gasteiger partial charge on any atom is -0.493 e. The number of nitro groups is 1. The zero-order valence-corrected chi connectivity index (χ0v) is 19.4. The molecule has 0 radical (unpaired) electrons. The van der Waals surface area contributed by atoms with E-state index in [1.807, 2.05) is 0 Å². The number of nitro benzene ring substituents is 1. The van der Waals surface area contributed by atoms with Crippen molar-refractivity contribution >= 4 is 37.9 Å². The third-order valence-corrected chi connectivity index (χ3v) is 7.65. The summed E-state index contributed by atoms with van der Waals surface area (Å²) in [4.78, 5) is 26.6. The Morgan fingerprint density at radius 1 is 1.18 bits per heavy atom. The van der Waals surface area contributed by atoms with Crippen LogP contribution in [0.5, 0.6) is 11.5 Å². The normalized spacial score (nSPS) is 11.1. The van der Waals surface area contributed by atoms with Gasteiger partial charge in [0.1, 0.15) is 4.21 Å². The molecule has 174 valence electrons. The summed E-state index contributed by atoms with van der Waals surface area (Å²) in [5.41, 5.74) is 0.0630. The Kier molecular flexibility index (Phi) is 7.61. The minimum atomic E-state index is -3.94. The van der Waals surface area contributed by atoms with Crippen molar-refractivity contribution in [1.82, 2.24) is 4.98 Å². The molecule has 0 spiro atoms. The van der Waals surface area contributed by atoms with Crippen LogP contribution in [0.4, 0.5) is 10.8 Å². The number of carbonyl (C=O) groups is 1. The summed E-state index contributed by atoms with van der Waals surface area (Å²) >= 11 is 0.774. The van der Waals surface area contributed by atoms with Gasteiger partial charge in [0.2, 0.25) is 9.84 Å². The van der Waals surface area contributed by atoms with Crippen LogP contribution in [-0.4, -0.2) is 37.9 Å². The van der Waals surface area contributed by atoms with Gasteiger partial charge in [-0.1, -0.05) is 24.7 Å². The molecule has 33 heavy (non-hydrogen) atoms. The fourth-order valence-electron chi connectivity index (χ4n) is 2.73. The highest BCUT2D eigenvalue weighted by atomic mass is 32.2. The summed E-state index contributed by atoms with van der Waals surface area (Å²) in [7, 11) is -2.47. The van der Waals surface area contributed by atoms with Gasteiger partial charge in [-0.3, -0.25) is 20.2 Å². The van der Waals surface area contributed by atoms with Crippen molar-refractivity contribution in [3.05, 3.63) is 64.3 Å². The van der Waals surface area contributed by atoms with E-state index in [0.29, 0.717) is 18.1 Å². The van der Waals surface area contributed by atoms with Crippen LogP contribution < -0.4 is 14.8 Å². The fourth-order valence-corrected chi connectivity index (χ4v) is 5.16. The summed E-state index contributed by atoms with van der Waals surface area (Å²) in [6.45, 7) is 2.58. The second-order valence-electron chi connectivity index (χ2n) is 6.76. The smallest absolute Gasteiger partial charge is 0.269 e. The van der Waals surface area contributed by atoms with Crippen LogP contribution in [0, 0.1) is 10.1 Å². The van der Waals surface area contributed by atoms with E-state index < -0.39 is 20.7 Å². The predicted octanol–water partition coefficient (Wildman–Crippen LogP) is 4.32. The summed E-state index contributed by atoms with van der Waals surface area (Å²) in [6, 6.07) is 9.26. The number of methoxy groups -OCH3 is 1. The lowest BCUT2D eigenvalue weighted by atomic mass is 10.2. The van der Waals surface area contributed by atoms with Crippen LogP contribution >= 0.6 is 11.3 Å². The van der Waals surface area contributed by atoms with Gasteiger partial charge >= 0.3 is 0 Å².